The lowest BCUT2D eigenvalue weighted by molar-refractivity contribution is 0.112. The van der Waals surface area contributed by atoms with Crippen LogP contribution in [-0.2, 0) is 0 Å². The zero-order valence-electron chi connectivity index (χ0n) is 18.1. The Kier molecular flexibility index (Phi) is 7.34. The first-order valence-corrected chi connectivity index (χ1v) is 10.2. The molecule has 0 fully saturated rings. The number of phenols is 1. The van der Waals surface area contributed by atoms with Crippen molar-refractivity contribution in [1.29, 1.82) is 0 Å². The van der Waals surface area contributed by atoms with Gasteiger partial charge in [-0.05, 0) is 44.4 Å². The van der Waals surface area contributed by atoms with E-state index in [-0.39, 0.29) is 10.8 Å². The number of anilines is 6. The largest absolute Gasteiger partial charge is 0.506 e. The molecule has 2 aromatic carbocycles. The van der Waals surface area contributed by atoms with Crippen LogP contribution in [0.2, 0.25) is 5.02 Å². The molecular weight excluding hydrogens is 430 g/mol. The molecule has 3 aromatic rings. The van der Waals surface area contributed by atoms with Crippen molar-refractivity contribution in [1.82, 2.24) is 14.9 Å². The van der Waals surface area contributed by atoms with Crippen LogP contribution in [0.3, 0.4) is 0 Å². The molecule has 3 rings (SSSR count). The fraction of sp³-hybridized carbons (Fsp3) is 0.227. The molecule has 0 spiro atoms. The van der Waals surface area contributed by atoms with Gasteiger partial charge in [-0.25, -0.2) is 9.97 Å². The van der Waals surface area contributed by atoms with Gasteiger partial charge in [0, 0.05) is 37.5 Å². The molecule has 0 aliphatic heterocycles. The summed E-state index contributed by atoms with van der Waals surface area (Å²) in [6.45, 7) is 1.62. The van der Waals surface area contributed by atoms with E-state index in [2.05, 4.69) is 25.5 Å². The molecule has 0 bridgehead atoms. The SMILES string of the molecule is CN(C)CCN(C)c1cc(C=O)c(Nc2cc(Nc3ccc(O)c(Cl)c3)ncn2)cc1N. The summed E-state index contributed by atoms with van der Waals surface area (Å²) in [5.41, 5.74) is 9.26. The molecule has 0 saturated carbocycles. The predicted molar refractivity (Wildman–Crippen MR) is 130 cm³/mol. The Morgan fingerprint density at radius 1 is 1.06 bits per heavy atom. The van der Waals surface area contributed by atoms with Crippen LogP contribution in [-0.4, -0.2) is 60.5 Å². The van der Waals surface area contributed by atoms with Gasteiger partial charge in [-0.1, -0.05) is 11.6 Å². The van der Waals surface area contributed by atoms with Crippen LogP contribution in [0.25, 0.3) is 0 Å². The highest BCUT2D eigenvalue weighted by Gasteiger charge is 2.13. The molecule has 0 aliphatic rings. The van der Waals surface area contributed by atoms with E-state index in [9.17, 15) is 9.90 Å². The van der Waals surface area contributed by atoms with E-state index in [1.807, 2.05) is 26.0 Å². The summed E-state index contributed by atoms with van der Waals surface area (Å²) < 4.78 is 0. The van der Waals surface area contributed by atoms with Gasteiger partial charge in [0.05, 0.1) is 22.1 Å². The minimum absolute atomic E-state index is 0.00273. The molecule has 0 unspecified atom stereocenters. The quantitative estimate of drug-likeness (QED) is 0.217. The van der Waals surface area contributed by atoms with Crippen molar-refractivity contribution in [3.05, 3.63) is 53.3 Å². The van der Waals surface area contributed by atoms with E-state index < -0.39 is 0 Å². The van der Waals surface area contributed by atoms with Gasteiger partial charge in [0.15, 0.2) is 6.29 Å². The first-order valence-electron chi connectivity index (χ1n) is 9.86. The first-order chi connectivity index (χ1) is 15.3. The second-order valence-electron chi connectivity index (χ2n) is 7.55. The Labute approximate surface area is 191 Å². The van der Waals surface area contributed by atoms with Gasteiger partial charge >= 0.3 is 0 Å². The van der Waals surface area contributed by atoms with Crippen LogP contribution in [0.1, 0.15) is 10.4 Å². The van der Waals surface area contributed by atoms with Gasteiger partial charge in [0.1, 0.15) is 23.7 Å². The van der Waals surface area contributed by atoms with Gasteiger partial charge in [-0.15, -0.1) is 0 Å². The molecule has 0 amide bonds. The van der Waals surface area contributed by atoms with Crippen molar-refractivity contribution < 1.29 is 9.90 Å². The van der Waals surface area contributed by atoms with E-state index in [0.29, 0.717) is 34.3 Å². The maximum Gasteiger partial charge on any atom is 0.152 e. The third-order valence-corrected chi connectivity index (χ3v) is 5.07. The zero-order valence-corrected chi connectivity index (χ0v) is 18.9. The maximum absolute atomic E-state index is 11.8. The summed E-state index contributed by atoms with van der Waals surface area (Å²) in [6, 6.07) is 9.92. The minimum Gasteiger partial charge on any atom is -0.506 e. The summed E-state index contributed by atoms with van der Waals surface area (Å²) in [7, 11) is 5.94. The van der Waals surface area contributed by atoms with Crippen molar-refractivity contribution in [3.8, 4) is 5.75 Å². The Morgan fingerprint density at radius 3 is 2.44 bits per heavy atom. The lowest BCUT2D eigenvalue weighted by Gasteiger charge is -2.24. The van der Waals surface area contributed by atoms with E-state index in [1.165, 1.54) is 12.4 Å². The van der Waals surface area contributed by atoms with Gasteiger partial charge < -0.3 is 31.3 Å². The average molecular weight is 456 g/mol. The zero-order chi connectivity index (χ0) is 23.3. The number of nitrogens with two attached hydrogens (primary N) is 1. The molecule has 32 heavy (non-hydrogen) atoms. The normalized spacial score (nSPS) is 10.8. The number of hydrogen-bond donors (Lipinski definition) is 4. The van der Waals surface area contributed by atoms with Crippen LogP contribution in [0, 0.1) is 0 Å². The number of aromatic nitrogens is 2. The highest BCUT2D eigenvalue weighted by Crippen LogP contribution is 2.31. The number of nitrogens with one attached hydrogen (secondary N) is 2. The number of halogens is 1. The highest BCUT2D eigenvalue weighted by molar-refractivity contribution is 6.32. The molecule has 0 aliphatic carbocycles. The van der Waals surface area contributed by atoms with E-state index in [0.717, 1.165) is 25.1 Å². The number of carbonyl (C=O) groups excluding carboxylic acids is 1. The molecule has 168 valence electrons. The fourth-order valence-corrected chi connectivity index (χ4v) is 3.17. The number of phenolic OH excluding ortho intramolecular Hbond substituents is 1. The number of carbonyl (C=O) groups is 1. The summed E-state index contributed by atoms with van der Waals surface area (Å²) in [4.78, 5) is 24.3. The lowest BCUT2D eigenvalue weighted by Crippen LogP contribution is -2.29. The van der Waals surface area contributed by atoms with Crippen molar-refractivity contribution in [2.24, 2.45) is 0 Å². The van der Waals surface area contributed by atoms with Gasteiger partial charge in [0.25, 0.3) is 0 Å². The monoisotopic (exact) mass is 455 g/mol. The van der Waals surface area contributed by atoms with E-state index in [4.69, 9.17) is 17.3 Å². The third kappa shape index (κ3) is 5.77. The Morgan fingerprint density at radius 2 is 1.78 bits per heavy atom. The molecular formula is C22H26ClN7O2. The van der Waals surface area contributed by atoms with E-state index in [1.54, 1.807) is 30.3 Å². The molecule has 0 saturated heterocycles. The Bertz CT molecular complexity index is 1110. The third-order valence-electron chi connectivity index (χ3n) is 4.77. The number of aromatic hydroxyl groups is 1. The predicted octanol–water partition coefficient (Wildman–Crippen LogP) is 3.72. The van der Waals surface area contributed by atoms with Crippen LogP contribution in [0.5, 0.6) is 5.75 Å². The Hall–Kier alpha value is -3.56. The summed E-state index contributed by atoms with van der Waals surface area (Å²) in [5, 5.41) is 16.0. The van der Waals surface area contributed by atoms with Crippen molar-refractivity contribution in [3.63, 3.8) is 0 Å². The summed E-state index contributed by atoms with van der Waals surface area (Å²) in [5.74, 6) is 0.977. The number of aldehydes is 1. The topological polar surface area (TPSA) is 120 Å². The molecule has 1 heterocycles. The first kappa shape index (κ1) is 23.1. The van der Waals surface area contributed by atoms with Gasteiger partial charge in [-0.2, -0.15) is 0 Å². The average Bonchev–Trinajstić information content (AvgIpc) is 2.75. The van der Waals surface area contributed by atoms with E-state index >= 15 is 0 Å². The molecule has 1 aromatic heterocycles. The molecule has 5 N–H and O–H groups in total. The minimum atomic E-state index is -0.00273. The molecule has 0 radical (unpaired) electrons. The van der Waals surface area contributed by atoms with Gasteiger partial charge in [0.2, 0.25) is 0 Å². The van der Waals surface area contributed by atoms with Gasteiger partial charge in [-0.3, -0.25) is 4.79 Å². The van der Waals surface area contributed by atoms with Crippen molar-refractivity contribution in [2.45, 2.75) is 0 Å². The van der Waals surface area contributed by atoms with Crippen LogP contribution >= 0.6 is 11.6 Å². The van der Waals surface area contributed by atoms with Crippen LogP contribution < -0.4 is 21.3 Å². The molecule has 0 atom stereocenters. The van der Waals surface area contributed by atoms with Crippen LogP contribution in [0.15, 0.2) is 42.7 Å². The second kappa shape index (κ2) is 10.2. The number of nitrogen functional groups attached to an aromatic ring is 1. The molecule has 9 nitrogen and oxygen atoms in total. The Balaban J connectivity index is 1.80. The standard InChI is InChI=1S/C22H26ClN7O2/c1-29(2)6-7-30(3)19-8-14(12-31)18(10-17(19)24)28-22-11-21(25-13-26-22)27-15-4-5-20(32)16(23)9-15/h4-5,8-13,32H,6-7,24H2,1-3H3,(H2,25,26,27,28). The number of hydrogen-bond acceptors (Lipinski definition) is 9. The summed E-state index contributed by atoms with van der Waals surface area (Å²) >= 11 is 5.95. The lowest BCUT2D eigenvalue weighted by atomic mass is 10.1. The number of benzene rings is 2. The maximum atomic E-state index is 11.8. The molecule has 10 heteroatoms. The van der Waals surface area contributed by atoms with Crippen molar-refractivity contribution in [2.75, 3.05) is 55.5 Å². The smallest absolute Gasteiger partial charge is 0.152 e. The second-order valence-corrected chi connectivity index (χ2v) is 7.95. The number of nitrogens with zero attached hydrogens (tertiary/aromatic N) is 4. The van der Waals surface area contributed by atoms with Crippen LogP contribution in [0.4, 0.5) is 34.4 Å². The number of rotatable bonds is 9. The van der Waals surface area contributed by atoms with Crippen molar-refractivity contribution >= 4 is 52.3 Å². The fourth-order valence-electron chi connectivity index (χ4n) is 2.99. The summed E-state index contributed by atoms with van der Waals surface area (Å²) in [6.07, 6.45) is 2.17. The number of likely N-dealkylation sites (N-methyl/N-ethyl adjacent to an activating group) is 2. The highest BCUT2D eigenvalue weighted by atomic mass is 35.5.